The van der Waals surface area contributed by atoms with Gasteiger partial charge in [-0.3, -0.25) is 14.5 Å². The molecule has 0 bridgehead atoms. The summed E-state index contributed by atoms with van der Waals surface area (Å²) in [5, 5.41) is -0.246. The average Bonchev–Trinajstić information content (AvgIpc) is 3.15. The number of hydrogen-bond acceptors (Lipinski definition) is 3. The maximum atomic E-state index is 13.0. The zero-order chi connectivity index (χ0) is 22.3. The van der Waals surface area contributed by atoms with E-state index in [0.717, 1.165) is 54.5 Å². The molecule has 31 heavy (non-hydrogen) atoms. The first-order valence-electron chi connectivity index (χ1n) is 9.70. The number of amides is 2. The highest BCUT2D eigenvalue weighted by molar-refractivity contribution is 9.10. The van der Waals surface area contributed by atoms with Gasteiger partial charge in [-0.15, -0.1) is 0 Å². The lowest BCUT2D eigenvalue weighted by atomic mass is 10.2. The molecule has 4 rings (SSSR count). The Balaban J connectivity index is 1.65. The van der Waals surface area contributed by atoms with Crippen LogP contribution in [0.15, 0.2) is 62.4 Å². The van der Waals surface area contributed by atoms with Crippen LogP contribution in [0, 0.1) is 20.8 Å². The van der Waals surface area contributed by atoms with Crippen LogP contribution in [0.2, 0.25) is 0 Å². The molecule has 3 aromatic rings. The molecule has 1 aromatic heterocycles. The second-order valence-electron chi connectivity index (χ2n) is 7.45. The molecule has 7 heteroatoms. The Bertz CT molecular complexity index is 1250. The normalized spacial score (nSPS) is 15.4. The molecule has 0 aliphatic carbocycles. The summed E-state index contributed by atoms with van der Waals surface area (Å²) in [4.78, 5) is 27.3. The summed E-state index contributed by atoms with van der Waals surface area (Å²) in [6.45, 7) is 6.38. The van der Waals surface area contributed by atoms with Gasteiger partial charge in [-0.2, -0.15) is 0 Å². The molecule has 1 aliphatic heterocycles. The number of imide groups is 1. The Kier molecular flexibility index (Phi) is 6.28. The van der Waals surface area contributed by atoms with Gasteiger partial charge in [-0.05, 0) is 85.6 Å². The molecule has 0 spiro atoms. The molecule has 2 heterocycles. The molecule has 2 amide bonds. The summed E-state index contributed by atoms with van der Waals surface area (Å²) in [6.07, 6.45) is 1.83. The van der Waals surface area contributed by atoms with E-state index in [0.29, 0.717) is 4.91 Å². The van der Waals surface area contributed by atoms with Crippen LogP contribution < -0.4 is 0 Å². The first-order chi connectivity index (χ1) is 14.8. The number of thioether (sulfide) groups is 1. The van der Waals surface area contributed by atoms with Crippen molar-refractivity contribution in [2.24, 2.45) is 0 Å². The second kappa shape index (κ2) is 8.81. The Labute approximate surface area is 202 Å². The first-order valence-corrected chi connectivity index (χ1v) is 12.1. The van der Waals surface area contributed by atoms with E-state index < -0.39 is 0 Å². The summed E-state index contributed by atoms with van der Waals surface area (Å²) < 4.78 is 4.11. The molecular weight excluding hydrogens is 540 g/mol. The van der Waals surface area contributed by atoms with E-state index in [4.69, 9.17) is 0 Å². The average molecular weight is 560 g/mol. The summed E-state index contributed by atoms with van der Waals surface area (Å²) in [6, 6.07) is 15.9. The smallest absolute Gasteiger partial charge is 0.293 e. The van der Waals surface area contributed by atoms with Crippen molar-refractivity contribution in [3.05, 3.63) is 90.5 Å². The molecule has 2 aromatic carbocycles. The fourth-order valence-corrected chi connectivity index (χ4v) is 5.16. The maximum absolute atomic E-state index is 13.0. The predicted octanol–water partition coefficient (Wildman–Crippen LogP) is 7.16. The van der Waals surface area contributed by atoms with Crippen molar-refractivity contribution in [3.8, 4) is 5.69 Å². The number of aromatic nitrogens is 1. The number of carbonyl (C=O) groups is 2. The Morgan fingerprint density at radius 1 is 0.968 bits per heavy atom. The van der Waals surface area contributed by atoms with Gasteiger partial charge in [0.1, 0.15) is 0 Å². The summed E-state index contributed by atoms with van der Waals surface area (Å²) >= 11 is 8.03. The molecule has 158 valence electrons. The lowest BCUT2D eigenvalue weighted by molar-refractivity contribution is -0.123. The number of carbonyl (C=O) groups excluding carboxylic acids is 2. The van der Waals surface area contributed by atoms with Crippen molar-refractivity contribution in [2.75, 3.05) is 0 Å². The van der Waals surface area contributed by atoms with Crippen LogP contribution in [0.4, 0.5) is 4.79 Å². The van der Waals surface area contributed by atoms with Gasteiger partial charge in [0.15, 0.2) is 0 Å². The predicted molar refractivity (Wildman–Crippen MR) is 133 cm³/mol. The van der Waals surface area contributed by atoms with Crippen molar-refractivity contribution in [3.63, 3.8) is 0 Å². The summed E-state index contributed by atoms with van der Waals surface area (Å²) in [7, 11) is 0. The van der Waals surface area contributed by atoms with Gasteiger partial charge in [-0.1, -0.05) is 50.1 Å². The third-order valence-corrected chi connectivity index (χ3v) is 7.89. The number of halogens is 2. The van der Waals surface area contributed by atoms with Crippen LogP contribution in [0.25, 0.3) is 11.8 Å². The van der Waals surface area contributed by atoms with Crippen molar-refractivity contribution >= 4 is 60.8 Å². The van der Waals surface area contributed by atoms with Crippen LogP contribution in [0.5, 0.6) is 0 Å². The highest BCUT2D eigenvalue weighted by Crippen LogP contribution is 2.35. The molecular formula is C24H20Br2N2O2S. The fourth-order valence-electron chi connectivity index (χ4n) is 3.67. The van der Waals surface area contributed by atoms with Gasteiger partial charge in [0.05, 0.1) is 11.4 Å². The Morgan fingerprint density at radius 2 is 1.71 bits per heavy atom. The van der Waals surface area contributed by atoms with E-state index in [1.54, 1.807) is 0 Å². The molecule has 4 nitrogen and oxygen atoms in total. The number of aryl methyl sites for hydroxylation is 2. The highest BCUT2D eigenvalue weighted by Gasteiger charge is 2.35. The van der Waals surface area contributed by atoms with E-state index in [1.165, 1.54) is 4.90 Å². The molecule has 0 saturated carbocycles. The minimum absolute atomic E-state index is 0.246. The molecule has 1 aliphatic rings. The highest BCUT2D eigenvalue weighted by atomic mass is 79.9. The topological polar surface area (TPSA) is 42.3 Å². The number of rotatable bonds is 4. The van der Waals surface area contributed by atoms with Gasteiger partial charge in [0.2, 0.25) is 0 Å². The van der Waals surface area contributed by atoms with Crippen LogP contribution in [0.3, 0.4) is 0 Å². The van der Waals surface area contributed by atoms with Crippen LogP contribution >= 0.6 is 43.6 Å². The van der Waals surface area contributed by atoms with Crippen molar-refractivity contribution in [2.45, 2.75) is 27.3 Å². The summed E-state index contributed by atoms with van der Waals surface area (Å²) in [5.41, 5.74) is 6.14. The minimum Gasteiger partial charge on any atom is -0.318 e. The molecule has 0 N–H and O–H groups in total. The zero-order valence-corrected chi connectivity index (χ0v) is 21.3. The van der Waals surface area contributed by atoms with Gasteiger partial charge < -0.3 is 4.57 Å². The minimum atomic E-state index is -0.255. The first kappa shape index (κ1) is 22.1. The van der Waals surface area contributed by atoms with E-state index in [9.17, 15) is 9.59 Å². The van der Waals surface area contributed by atoms with Gasteiger partial charge in [-0.25, -0.2) is 0 Å². The zero-order valence-electron chi connectivity index (χ0n) is 17.3. The summed E-state index contributed by atoms with van der Waals surface area (Å²) in [5.74, 6) is -0.255. The van der Waals surface area contributed by atoms with Gasteiger partial charge >= 0.3 is 0 Å². The van der Waals surface area contributed by atoms with Crippen LogP contribution in [0.1, 0.15) is 28.1 Å². The monoisotopic (exact) mass is 558 g/mol. The van der Waals surface area contributed by atoms with Crippen molar-refractivity contribution in [1.82, 2.24) is 9.47 Å². The number of hydrogen-bond donors (Lipinski definition) is 0. The Morgan fingerprint density at radius 3 is 2.42 bits per heavy atom. The fraction of sp³-hybridized carbons (Fsp3) is 0.167. The van der Waals surface area contributed by atoms with Gasteiger partial charge in [0, 0.05) is 26.0 Å². The number of nitrogens with zero attached hydrogens (tertiary/aromatic N) is 2. The van der Waals surface area contributed by atoms with E-state index in [1.807, 2.05) is 50.3 Å². The number of benzene rings is 2. The third kappa shape index (κ3) is 4.31. The largest absolute Gasteiger partial charge is 0.318 e. The second-order valence-corrected chi connectivity index (χ2v) is 10.2. The quantitative estimate of drug-likeness (QED) is 0.318. The maximum Gasteiger partial charge on any atom is 0.293 e. The Hall–Kier alpha value is -2.09. The van der Waals surface area contributed by atoms with Gasteiger partial charge in [0.25, 0.3) is 11.1 Å². The van der Waals surface area contributed by atoms with E-state index in [2.05, 4.69) is 61.5 Å². The van der Waals surface area contributed by atoms with Crippen molar-refractivity contribution in [1.29, 1.82) is 0 Å². The van der Waals surface area contributed by atoms with Crippen LogP contribution in [-0.2, 0) is 11.3 Å². The molecule has 0 atom stereocenters. The van der Waals surface area contributed by atoms with E-state index in [-0.39, 0.29) is 17.7 Å². The van der Waals surface area contributed by atoms with Crippen molar-refractivity contribution < 1.29 is 9.59 Å². The SMILES string of the molecule is Cc1cc(-n2c(C)cc(/C=C3\SC(=O)N(Cc4ccccc4Br)C3=O)c2C)ccc1Br. The molecule has 0 radical (unpaired) electrons. The standard InChI is InChI=1S/C24H20Br2N2O2S/c1-14-10-19(8-9-20(14)25)28-15(2)11-18(16(28)3)12-22-23(29)27(24(30)31-22)13-17-6-4-5-7-21(17)26/h4-12H,13H2,1-3H3/b22-12-. The molecule has 0 unspecified atom stereocenters. The molecule has 1 fully saturated rings. The van der Waals surface area contributed by atoms with Crippen LogP contribution in [-0.4, -0.2) is 20.6 Å². The third-order valence-electron chi connectivity index (χ3n) is 5.32. The molecule has 1 saturated heterocycles. The van der Waals surface area contributed by atoms with E-state index >= 15 is 0 Å². The lowest BCUT2D eigenvalue weighted by Crippen LogP contribution is -2.27. The lowest BCUT2D eigenvalue weighted by Gasteiger charge is -2.13.